The van der Waals surface area contributed by atoms with Crippen LogP contribution in [0.3, 0.4) is 0 Å². The first-order valence-corrected chi connectivity index (χ1v) is 32.1. The number of urea groups is 2. The third-order valence-electron chi connectivity index (χ3n) is 11.3. The van der Waals surface area contributed by atoms with Crippen LogP contribution in [0.25, 0.3) is 21.5 Å². The second kappa shape index (κ2) is 24.7. The zero-order chi connectivity index (χ0) is 65.3. The molecule has 8 aromatic rings. The van der Waals surface area contributed by atoms with Crippen molar-refractivity contribution in [1.29, 1.82) is 0 Å². The highest BCUT2D eigenvalue weighted by molar-refractivity contribution is 7.87. The first kappa shape index (κ1) is 65.1. The number of fused-ring (bicyclic) bond motifs is 2. The molecule has 0 saturated heterocycles. The third-order valence-corrected chi connectivity index (χ3v) is 16.5. The molecule has 0 bridgehead atoms. The fraction of sp³-hybridized carbons (Fsp3) is 0.0698. The van der Waals surface area contributed by atoms with E-state index in [1.807, 2.05) is 0 Å². The van der Waals surface area contributed by atoms with Crippen LogP contribution in [0.2, 0.25) is 0 Å². The summed E-state index contributed by atoms with van der Waals surface area (Å²) in [6.45, 7) is -0.171. The monoisotopic (exact) mass is 1350 g/mol. The number of carbonyl (C=O) groups is 2. The number of halogens is 2. The molecule has 0 atom stereocenters. The summed E-state index contributed by atoms with van der Waals surface area (Å²) < 4.78 is 236. The van der Waals surface area contributed by atoms with Gasteiger partial charge in [0.05, 0.1) is 21.2 Å². The maximum absolute atomic E-state index is 15.0. The Balaban J connectivity index is 1.00. The zero-order valence-corrected chi connectivity index (χ0v) is 48.3. The lowest BCUT2D eigenvalue weighted by molar-refractivity contribution is 0.258. The smallest absolute Gasteiger partial charge is 0.316 e. The van der Waals surface area contributed by atoms with E-state index in [0.29, 0.717) is 48.5 Å². The SMILES string of the molecule is NC(=O)Nc1ccc(N=Nc2cc3c(S(=O)(=O)O)cc(S(=O)(=O)O)cc3cc2S(=O)(=O)O)c(Nc2nc(F)nc(NCCCNc3nc(F)nc(Nc4cc(NC(N)=O)ccc4N=Nc4cc5c(S(=O)(=O)O)cc(S(=O)(=O)O)cc5cc4S(=O)(=O)O)n3)n2)c1. The number of anilines is 8. The van der Waals surface area contributed by atoms with Gasteiger partial charge in [0.25, 0.3) is 60.7 Å². The number of nitrogens with two attached hydrogens (primary N) is 2. The van der Waals surface area contributed by atoms with Crippen molar-refractivity contribution in [3.05, 3.63) is 97.1 Å². The van der Waals surface area contributed by atoms with Crippen LogP contribution < -0.4 is 43.4 Å². The number of amides is 4. The van der Waals surface area contributed by atoms with Gasteiger partial charge in [-0.2, -0.15) is 89.2 Å². The van der Waals surface area contributed by atoms with Gasteiger partial charge in [-0.25, -0.2) is 9.59 Å². The lowest BCUT2D eigenvalue weighted by Gasteiger charge is -2.12. The van der Waals surface area contributed by atoms with Crippen molar-refractivity contribution in [3.8, 4) is 0 Å². The summed E-state index contributed by atoms with van der Waals surface area (Å²) >= 11 is 0. The molecule has 89 heavy (non-hydrogen) atoms. The highest BCUT2D eigenvalue weighted by atomic mass is 32.2. The summed E-state index contributed by atoms with van der Waals surface area (Å²) in [7, 11) is -31.6. The van der Waals surface area contributed by atoms with Crippen molar-refractivity contribution in [2.75, 3.05) is 45.0 Å². The summed E-state index contributed by atoms with van der Waals surface area (Å²) in [6.07, 6.45) is -2.70. The van der Waals surface area contributed by atoms with Crippen LogP contribution in [-0.2, 0) is 60.7 Å². The van der Waals surface area contributed by atoms with E-state index in [-0.39, 0.29) is 53.6 Å². The average molecular weight is 1360 g/mol. The number of hydrogen-bond donors (Lipinski definition) is 14. The summed E-state index contributed by atoms with van der Waals surface area (Å²) in [5.41, 5.74) is 7.74. The minimum Gasteiger partial charge on any atom is -0.354 e. The number of aromatic nitrogens is 6. The van der Waals surface area contributed by atoms with E-state index in [4.69, 9.17) is 11.5 Å². The van der Waals surface area contributed by atoms with Crippen LogP contribution in [0.15, 0.2) is 135 Å². The number of nitrogens with one attached hydrogen (secondary N) is 6. The Bertz CT molecular complexity index is 4760. The second-order valence-corrected chi connectivity index (χ2v) is 26.0. The lowest BCUT2D eigenvalue weighted by Crippen LogP contribution is -2.19. The molecule has 16 N–H and O–H groups in total. The van der Waals surface area contributed by atoms with Crippen molar-refractivity contribution in [3.63, 3.8) is 0 Å². The molecule has 0 aliphatic carbocycles. The van der Waals surface area contributed by atoms with Crippen LogP contribution in [0, 0.1) is 12.2 Å². The summed E-state index contributed by atoms with van der Waals surface area (Å²) in [6, 6.07) is 9.27. The third kappa shape index (κ3) is 16.4. The van der Waals surface area contributed by atoms with Gasteiger partial charge in [-0.1, -0.05) is 0 Å². The number of primary amides is 2. The molecule has 0 aliphatic rings. The molecule has 0 aliphatic heterocycles. The highest BCUT2D eigenvalue weighted by Crippen LogP contribution is 2.40. The quantitative estimate of drug-likeness (QED) is 0.0231. The molecule has 0 spiro atoms. The minimum atomic E-state index is -5.32. The van der Waals surface area contributed by atoms with E-state index in [1.54, 1.807) is 0 Å². The first-order valence-electron chi connectivity index (χ1n) is 23.5. The summed E-state index contributed by atoms with van der Waals surface area (Å²) in [4.78, 5) is 39.2. The molecule has 8 rings (SSSR count). The maximum atomic E-state index is 15.0. The Hall–Kier alpha value is -9.88. The molecular formula is C43H36F2N18O20S6. The van der Waals surface area contributed by atoms with Gasteiger partial charge < -0.3 is 43.4 Å². The Morgan fingerprint density at radius 2 is 0.753 bits per heavy atom. The van der Waals surface area contributed by atoms with Crippen LogP contribution >= 0.6 is 0 Å². The van der Waals surface area contributed by atoms with Gasteiger partial charge in [0.2, 0.25) is 23.8 Å². The van der Waals surface area contributed by atoms with Gasteiger partial charge in [0.15, 0.2) is 0 Å². The molecule has 4 amide bonds. The zero-order valence-electron chi connectivity index (χ0n) is 43.4. The van der Waals surface area contributed by atoms with E-state index in [9.17, 15) is 96.2 Å². The van der Waals surface area contributed by atoms with Crippen molar-refractivity contribution >= 4 is 164 Å². The van der Waals surface area contributed by atoms with Crippen molar-refractivity contribution < 1.29 is 96.2 Å². The fourth-order valence-electron chi connectivity index (χ4n) is 7.73. The van der Waals surface area contributed by atoms with Crippen molar-refractivity contribution in [2.45, 2.75) is 35.8 Å². The average Bonchev–Trinajstić information content (AvgIpc) is 0.842. The second-order valence-electron chi connectivity index (χ2n) is 17.6. The highest BCUT2D eigenvalue weighted by Gasteiger charge is 2.27. The summed E-state index contributed by atoms with van der Waals surface area (Å²) in [5.74, 6) is -1.95. The fourth-order valence-corrected chi connectivity index (χ4v) is 11.7. The van der Waals surface area contributed by atoms with Gasteiger partial charge >= 0.3 is 24.2 Å². The first-order chi connectivity index (χ1) is 41.3. The van der Waals surface area contributed by atoms with Crippen LogP contribution in [0.1, 0.15) is 6.42 Å². The number of hydrogen-bond acceptors (Lipinski definition) is 28. The predicted molar refractivity (Wildman–Crippen MR) is 302 cm³/mol. The topological polar surface area (TPSA) is 611 Å². The molecule has 38 nitrogen and oxygen atoms in total. The van der Waals surface area contributed by atoms with E-state index in [0.717, 1.165) is 24.3 Å². The van der Waals surface area contributed by atoms with E-state index in [1.165, 1.54) is 12.1 Å². The van der Waals surface area contributed by atoms with Crippen molar-refractivity contribution in [1.82, 2.24) is 29.9 Å². The molecule has 2 heterocycles. The van der Waals surface area contributed by atoms with E-state index < -0.39 is 171 Å². The lowest BCUT2D eigenvalue weighted by atomic mass is 10.1. The Labute approximate surface area is 497 Å². The molecule has 46 heteroatoms. The predicted octanol–water partition coefficient (Wildman–Crippen LogP) is 5.33. The van der Waals surface area contributed by atoms with Crippen LogP contribution in [-0.4, -0.2) is 133 Å². The molecular weight excluding hydrogens is 1320 g/mol. The van der Waals surface area contributed by atoms with Crippen LogP contribution in [0.5, 0.6) is 0 Å². The molecule has 6 aromatic carbocycles. The Kier molecular flexibility index (Phi) is 18.1. The molecule has 0 radical (unpaired) electrons. The number of nitrogens with zero attached hydrogens (tertiary/aromatic N) is 10. The minimum absolute atomic E-state index is 0.0408. The molecule has 0 fully saturated rings. The van der Waals surface area contributed by atoms with Gasteiger partial charge in [0.1, 0.15) is 42.3 Å². The largest absolute Gasteiger partial charge is 0.354 e. The Morgan fingerprint density at radius 1 is 0.416 bits per heavy atom. The molecule has 468 valence electrons. The number of carbonyl (C=O) groups excluding carboxylic acids is 2. The van der Waals surface area contributed by atoms with E-state index >= 15 is 0 Å². The molecule has 0 unspecified atom stereocenters. The van der Waals surface area contributed by atoms with Gasteiger partial charge in [-0.15, -0.1) is 20.5 Å². The molecule has 2 aromatic heterocycles. The number of benzene rings is 6. The summed E-state index contributed by atoms with van der Waals surface area (Å²) in [5, 5.41) is 28.4. The molecule has 0 saturated carbocycles. The normalized spacial score (nSPS) is 12.6. The van der Waals surface area contributed by atoms with Gasteiger partial charge in [-0.05, 0) is 102 Å². The number of rotatable bonds is 22. The van der Waals surface area contributed by atoms with Crippen LogP contribution in [0.4, 0.5) is 87.7 Å². The van der Waals surface area contributed by atoms with Gasteiger partial charge in [0, 0.05) is 35.2 Å². The Morgan fingerprint density at radius 3 is 1.08 bits per heavy atom. The van der Waals surface area contributed by atoms with Crippen molar-refractivity contribution in [2.24, 2.45) is 31.9 Å². The standard InChI is InChI=1S/C43H36F2N18O20S6/c44-36-54-40(58-42(56-36)52-28-12-20(50-38(46)64)2-4-26(28)60-62-30-16-24-18(10-34(30)88(78,79)80)8-22(84(66,67)68)14-32(24)86(72,73)74)48-6-1-7-49-41-55-37(45)57-43(59-41)53-29-13-21(51-39(47)65)3-5-27(29)61-63-31-17-25-19(11-35(31)89(81,82)83)9-23(85(69,70)71)15-33(25)87(75,76)77/h2-5,8-17H,1,6-7H2,(H3,46,50,64)(H3,47,51,65)(H,66,67,68)(H,69,70,71)(H,72,73,74)(H,75,76,77)(H,78,79,80)(H,81,82,83)(H2,48,52,54,56,58)(H2,49,53,55,57,59). The van der Waals surface area contributed by atoms with Gasteiger partial charge in [-0.3, -0.25) is 27.3 Å². The maximum Gasteiger partial charge on any atom is 0.316 e. The van der Waals surface area contributed by atoms with E-state index in [2.05, 4.69) is 82.3 Å². The number of azo groups is 2.